The lowest BCUT2D eigenvalue weighted by atomic mass is 10.1. The molecule has 0 spiro atoms. The van der Waals surface area contributed by atoms with E-state index in [9.17, 15) is 9.59 Å². The van der Waals surface area contributed by atoms with Crippen molar-refractivity contribution in [3.63, 3.8) is 0 Å². The van der Waals surface area contributed by atoms with Gasteiger partial charge in [0.1, 0.15) is 23.5 Å². The first-order valence-corrected chi connectivity index (χ1v) is 10.6. The van der Waals surface area contributed by atoms with Crippen molar-refractivity contribution in [2.45, 2.75) is 6.92 Å². The molecule has 1 aliphatic rings. The molecule has 174 valence electrons. The van der Waals surface area contributed by atoms with Gasteiger partial charge in [-0.1, -0.05) is 5.16 Å². The second-order valence-electron chi connectivity index (χ2n) is 7.70. The van der Waals surface area contributed by atoms with E-state index in [2.05, 4.69) is 10.1 Å². The first-order chi connectivity index (χ1) is 16.5. The number of anilines is 1. The van der Waals surface area contributed by atoms with Crippen molar-refractivity contribution in [2.75, 3.05) is 38.9 Å². The molecule has 1 amide bonds. The first-order valence-electron chi connectivity index (χ1n) is 10.6. The van der Waals surface area contributed by atoms with Crippen LogP contribution in [0.25, 0.3) is 28.0 Å². The molecule has 1 saturated heterocycles. The molecule has 2 aromatic heterocycles. The largest absolute Gasteiger partial charge is 0.493 e. The molecule has 0 radical (unpaired) electrons. The number of amides is 1. The van der Waals surface area contributed by atoms with Gasteiger partial charge in [0.15, 0.2) is 11.5 Å². The highest BCUT2D eigenvalue weighted by Gasteiger charge is 2.22. The summed E-state index contributed by atoms with van der Waals surface area (Å²) in [5, 5.41) is 4.37. The Morgan fingerprint density at radius 2 is 1.71 bits per heavy atom. The smallest absolute Gasteiger partial charge is 0.271 e. The third kappa shape index (κ3) is 3.57. The van der Waals surface area contributed by atoms with Gasteiger partial charge in [0.2, 0.25) is 0 Å². The van der Waals surface area contributed by atoms with Crippen molar-refractivity contribution >= 4 is 22.7 Å². The molecule has 4 aromatic rings. The van der Waals surface area contributed by atoms with E-state index in [-0.39, 0.29) is 29.2 Å². The molecule has 2 aromatic carbocycles. The molecule has 0 aliphatic carbocycles. The van der Waals surface area contributed by atoms with E-state index in [1.54, 1.807) is 61.4 Å². The number of aryl methyl sites for hydroxylation is 1. The van der Waals surface area contributed by atoms with E-state index >= 15 is 0 Å². The molecular weight excluding hydrogens is 440 g/mol. The van der Waals surface area contributed by atoms with Crippen LogP contribution in [-0.4, -0.2) is 54.6 Å². The Morgan fingerprint density at radius 3 is 2.41 bits per heavy atom. The Kier molecular flexibility index (Phi) is 5.50. The Bertz CT molecular complexity index is 1440. The summed E-state index contributed by atoms with van der Waals surface area (Å²) in [6.45, 7) is 2.76. The lowest BCUT2D eigenvalue weighted by molar-refractivity contribution is -0.125. The molecule has 34 heavy (non-hydrogen) atoms. The lowest BCUT2D eigenvalue weighted by Crippen LogP contribution is -2.41. The highest BCUT2D eigenvalue weighted by Crippen LogP contribution is 2.34. The van der Waals surface area contributed by atoms with Crippen LogP contribution >= 0.6 is 0 Å². The van der Waals surface area contributed by atoms with Crippen LogP contribution in [0.2, 0.25) is 0 Å². The summed E-state index contributed by atoms with van der Waals surface area (Å²) in [5.74, 6) is 1.41. The first kappa shape index (κ1) is 21.7. The highest BCUT2D eigenvalue weighted by atomic mass is 16.5. The summed E-state index contributed by atoms with van der Waals surface area (Å²) in [7, 11) is 3.09. The van der Waals surface area contributed by atoms with Crippen LogP contribution in [0.3, 0.4) is 0 Å². The number of aromatic nitrogens is 3. The van der Waals surface area contributed by atoms with Gasteiger partial charge >= 0.3 is 0 Å². The maximum Gasteiger partial charge on any atom is 0.271 e. The number of hydrogen-bond acceptors (Lipinski definition) is 8. The van der Waals surface area contributed by atoms with Crippen molar-refractivity contribution in [3.05, 3.63) is 58.6 Å². The molecule has 5 rings (SSSR count). The number of hydrogen-bond donors (Lipinski definition) is 0. The minimum atomic E-state index is -0.316. The average molecular weight is 462 g/mol. The van der Waals surface area contributed by atoms with Crippen LogP contribution in [-0.2, 0) is 9.53 Å². The quantitative estimate of drug-likeness (QED) is 0.445. The Labute approximate surface area is 194 Å². The Balaban J connectivity index is 1.60. The van der Waals surface area contributed by atoms with Crippen LogP contribution in [0.4, 0.5) is 5.69 Å². The number of rotatable bonds is 5. The number of benzene rings is 2. The summed E-state index contributed by atoms with van der Waals surface area (Å²) < 4.78 is 22.8. The summed E-state index contributed by atoms with van der Waals surface area (Å²) in [4.78, 5) is 31.9. The van der Waals surface area contributed by atoms with Crippen molar-refractivity contribution in [2.24, 2.45) is 0 Å². The zero-order chi connectivity index (χ0) is 23.8. The third-order valence-electron chi connectivity index (χ3n) is 5.74. The zero-order valence-corrected chi connectivity index (χ0v) is 18.9. The fourth-order valence-electron chi connectivity index (χ4n) is 4.06. The van der Waals surface area contributed by atoms with Gasteiger partial charge in [-0.05, 0) is 49.4 Å². The van der Waals surface area contributed by atoms with Gasteiger partial charge in [-0.25, -0.2) is 0 Å². The van der Waals surface area contributed by atoms with Gasteiger partial charge in [0.25, 0.3) is 17.2 Å². The Morgan fingerprint density at radius 1 is 0.971 bits per heavy atom. The molecule has 0 saturated carbocycles. The molecular formula is C24H22N4O6. The third-order valence-corrected chi connectivity index (χ3v) is 5.74. The number of carbonyl (C=O) groups is 1. The normalized spacial score (nSPS) is 14.0. The van der Waals surface area contributed by atoms with E-state index in [1.807, 2.05) is 0 Å². The summed E-state index contributed by atoms with van der Waals surface area (Å²) in [5.41, 5.74) is 2.18. The minimum absolute atomic E-state index is 0.0628. The molecule has 3 heterocycles. The van der Waals surface area contributed by atoms with Crippen molar-refractivity contribution in [1.29, 1.82) is 0 Å². The fourth-order valence-corrected chi connectivity index (χ4v) is 4.06. The number of methoxy groups -OCH3 is 2. The molecule has 1 aliphatic heterocycles. The van der Waals surface area contributed by atoms with Gasteiger partial charge in [-0.2, -0.15) is 4.98 Å². The van der Waals surface area contributed by atoms with E-state index in [1.165, 1.54) is 11.7 Å². The summed E-state index contributed by atoms with van der Waals surface area (Å²) in [6, 6.07) is 12.4. The van der Waals surface area contributed by atoms with Gasteiger partial charge in [0.05, 0.1) is 26.5 Å². The molecule has 10 heteroatoms. The van der Waals surface area contributed by atoms with Crippen molar-refractivity contribution in [3.8, 4) is 28.4 Å². The second-order valence-corrected chi connectivity index (χ2v) is 7.70. The fraction of sp³-hybridized carbons (Fsp3) is 0.250. The van der Waals surface area contributed by atoms with Crippen LogP contribution < -0.4 is 19.9 Å². The van der Waals surface area contributed by atoms with E-state index in [4.69, 9.17) is 18.7 Å². The van der Waals surface area contributed by atoms with Gasteiger partial charge in [-0.3, -0.25) is 14.2 Å². The van der Waals surface area contributed by atoms with Gasteiger partial charge in [0, 0.05) is 17.8 Å². The minimum Gasteiger partial charge on any atom is -0.493 e. The van der Waals surface area contributed by atoms with E-state index < -0.39 is 0 Å². The monoisotopic (exact) mass is 462 g/mol. The maximum atomic E-state index is 13.6. The Hall–Kier alpha value is -4.18. The van der Waals surface area contributed by atoms with E-state index in [0.29, 0.717) is 47.4 Å². The van der Waals surface area contributed by atoms with Crippen LogP contribution in [0.1, 0.15) is 5.82 Å². The zero-order valence-electron chi connectivity index (χ0n) is 18.9. The topological polar surface area (TPSA) is 109 Å². The van der Waals surface area contributed by atoms with Gasteiger partial charge in [-0.15, -0.1) is 0 Å². The average Bonchev–Trinajstić information content (AvgIpc) is 3.28. The number of morpholine rings is 1. The second kappa shape index (κ2) is 8.64. The number of carbonyl (C=O) groups excluding carboxylic acids is 1. The lowest BCUT2D eigenvalue weighted by Gasteiger charge is -2.27. The molecule has 1 fully saturated rings. The number of fused-ring (bicyclic) bond motifs is 1. The SMILES string of the molecule is COc1ccc(-c2noc3nc(C)n(-c4ccc(N5CCOCC5=O)cc4)c(=O)c23)cc1OC. The number of ether oxygens (including phenoxy) is 3. The highest BCUT2D eigenvalue weighted by molar-refractivity contribution is 5.95. The predicted molar refractivity (Wildman–Crippen MR) is 124 cm³/mol. The van der Waals surface area contributed by atoms with Crippen molar-refractivity contribution in [1.82, 2.24) is 14.7 Å². The van der Waals surface area contributed by atoms with Crippen LogP contribution in [0, 0.1) is 6.92 Å². The van der Waals surface area contributed by atoms with Crippen LogP contribution in [0.15, 0.2) is 51.8 Å². The molecule has 0 unspecified atom stereocenters. The predicted octanol–water partition coefficient (Wildman–Crippen LogP) is 2.73. The summed E-state index contributed by atoms with van der Waals surface area (Å²) in [6.07, 6.45) is 0. The van der Waals surface area contributed by atoms with Gasteiger partial charge < -0.3 is 23.6 Å². The van der Waals surface area contributed by atoms with Crippen molar-refractivity contribution < 1.29 is 23.5 Å². The molecule has 10 nitrogen and oxygen atoms in total. The molecule has 0 N–H and O–H groups in total. The summed E-state index contributed by atoms with van der Waals surface area (Å²) >= 11 is 0. The molecule has 0 atom stereocenters. The number of nitrogens with zero attached hydrogens (tertiary/aromatic N) is 4. The van der Waals surface area contributed by atoms with Crippen LogP contribution in [0.5, 0.6) is 11.5 Å². The molecule has 0 bridgehead atoms. The standard InChI is InChI=1S/C24H22N4O6/c1-14-25-23-21(22(26-34-23)15-4-9-18(31-2)19(12-15)32-3)24(30)28(14)17-7-5-16(6-8-17)27-10-11-33-13-20(27)29/h4-9,12H,10-11,13H2,1-3H3. The van der Waals surface area contributed by atoms with E-state index in [0.717, 1.165) is 5.69 Å². The maximum absolute atomic E-state index is 13.6.